The molecule has 8 heteroatoms. The van der Waals surface area contributed by atoms with E-state index in [4.69, 9.17) is 13.9 Å². The molecule has 0 unspecified atom stereocenters. The zero-order valence-electron chi connectivity index (χ0n) is 10.6. The van der Waals surface area contributed by atoms with E-state index in [2.05, 4.69) is 15.5 Å². The number of ether oxygens (including phenoxy) is 2. The van der Waals surface area contributed by atoms with E-state index in [-0.39, 0.29) is 12.6 Å². The highest BCUT2D eigenvalue weighted by Gasteiger charge is 2.21. The number of hydrogen-bond acceptors (Lipinski definition) is 7. The Morgan fingerprint density at radius 2 is 2.05 bits per heavy atom. The Bertz CT molecular complexity index is 810. The Morgan fingerprint density at radius 1 is 1.19 bits per heavy atom. The van der Waals surface area contributed by atoms with E-state index in [9.17, 15) is 4.79 Å². The third-order valence-electron chi connectivity index (χ3n) is 3.10. The quantitative estimate of drug-likeness (QED) is 0.672. The largest absolute Gasteiger partial charge is 0.454 e. The van der Waals surface area contributed by atoms with Crippen LogP contribution in [0.25, 0.3) is 17.0 Å². The fraction of sp³-hybridized carbons (Fsp3) is 0.0769. The first-order chi connectivity index (χ1) is 10.3. The van der Waals surface area contributed by atoms with Gasteiger partial charge >= 0.3 is 0 Å². The molecule has 3 heterocycles. The van der Waals surface area contributed by atoms with Gasteiger partial charge in [-0.05, 0) is 28.6 Å². The van der Waals surface area contributed by atoms with Crippen molar-refractivity contribution in [3.63, 3.8) is 0 Å². The van der Waals surface area contributed by atoms with Gasteiger partial charge in [-0.15, -0.1) is 5.10 Å². The van der Waals surface area contributed by atoms with Crippen LogP contribution in [0, 0.1) is 0 Å². The van der Waals surface area contributed by atoms with Crippen molar-refractivity contribution >= 4 is 6.29 Å². The first-order valence-corrected chi connectivity index (χ1v) is 6.07. The van der Waals surface area contributed by atoms with Gasteiger partial charge in [-0.1, -0.05) is 0 Å². The standard InChI is InChI=1S/C13H8N4O4/c18-5-8-1-2-11(21-8)9-3-12-13(20-7-19-12)4-10(9)17-6-14-15-16-17/h1-6H,7H2. The number of rotatable bonds is 3. The van der Waals surface area contributed by atoms with Crippen LogP contribution in [0.15, 0.2) is 35.0 Å². The highest BCUT2D eigenvalue weighted by atomic mass is 16.7. The predicted octanol–water partition coefficient (Wildman–Crippen LogP) is 1.46. The molecule has 3 aromatic rings. The number of carbonyl (C=O) groups is 1. The van der Waals surface area contributed by atoms with Gasteiger partial charge in [-0.3, -0.25) is 4.79 Å². The predicted molar refractivity (Wildman–Crippen MR) is 68.4 cm³/mol. The minimum Gasteiger partial charge on any atom is -0.454 e. The fourth-order valence-corrected chi connectivity index (χ4v) is 2.15. The lowest BCUT2D eigenvalue weighted by atomic mass is 10.1. The molecule has 2 aromatic heterocycles. The first kappa shape index (κ1) is 11.6. The zero-order valence-corrected chi connectivity index (χ0v) is 10.6. The van der Waals surface area contributed by atoms with E-state index < -0.39 is 0 Å². The van der Waals surface area contributed by atoms with Crippen LogP contribution in [-0.4, -0.2) is 33.3 Å². The zero-order chi connectivity index (χ0) is 14.2. The van der Waals surface area contributed by atoms with Crippen LogP contribution in [0.1, 0.15) is 10.6 Å². The maximum Gasteiger partial charge on any atom is 0.231 e. The van der Waals surface area contributed by atoms with Crippen LogP contribution in [0.4, 0.5) is 0 Å². The summed E-state index contributed by atoms with van der Waals surface area (Å²) in [5.74, 6) is 1.96. The Balaban J connectivity index is 1.93. The number of furan rings is 1. The molecular formula is C13H8N4O4. The molecule has 8 nitrogen and oxygen atoms in total. The lowest BCUT2D eigenvalue weighted by Gasteiger charge is -2.08. The SMILES string of the molecule is O=Cc1ccc(-c2cc3c(cc2-n2cnnn2)OCO3)o1. The van der Waals surface area contributed by atoms with Crippen LogP contribution in [-0.2, 0) is 0 Å². The van der Waals surface area contributed by atoms with Crippen molar-refractivity contribution in [2.45, 2.75) is 0 Å². The van der Waals surface area contributed by atoms with Gasteiger partial charge in [0.2, 0.25) is 6.79 Å². The molecule has 104 valence electrons. The molecule has 0 radical (unpaired) electrons. The number of nitrogens with zero attached hydrogens (tertiary/aromatic N) is 4. The van der Waals surface area contributed by atoms with Crippen LogP contribution in [0.5, 0.6) is 11.5 Å². The number of hydrogen-bond donors (Lipinski definition) is 0. The molecule has 1 aliphatic heterocycles. The summed E-state index contributed by atoms with van der Waals surface area (Å²) in [6.45, 7) is 0.158. The van der Waals surface area contributed by atoms with Gasteiger partial charge in [-0.2, -0.15) is 4.68 Å². The second kappa shape index (κ2) is 4.44. The van der Waals surface area contributed by atoms with Gasteiger partial charge in [0.15, 0.2) is 23.5 Å². The van der Waals surface area contributed by atoms with Crippen molar-refractivity contribution in [2.24, 2.45) is 0 Å². The number of aldehydes is 1. The molecule has 4 rings (SSSR count). The Labute approximate surface area is 117 Å². The first-order valence-electron chi connectivity index (χ1n) is 6.07. The molecular weight excluding hydrogens is 276 g/mol. The summed E-state index contributed by atoms with van der Waals surface area (Å²) in [6.07, 6.45) is 2.11. The van der Waals surface area contributed by atoms with Crippen molar-refractivity contribution in [3.8, 4) is 28.5 Å². The van der Waals surface area contributed by atoms with E-state index in [1.165, 1.54) is 11.0 Å². The third kappa shape index (κ3) is 1.84. The lowest BCUT2D eigenvalue weighted by molar-refractivity contribution is 0.110. The van der Waals surface area contributed by atoms with Crippen molar-refractivity contribution in [1.82, 2.24) is 20.2 Å². The highest BCUT2D eigenvalue weighted by molar-refractivity contribution is 5.77. The smallest absolute Gasteiger partial charge is 0.231 e. The van der Waals surface area contributed by atoms with Gasteiger partial charge in [0.1, 0.15) is 12.1 Å². The summed E-state index contributed by atoms with van der Waals surface area (Å²) in [7, 11) is 0. The number of aromatic nitrogens is 4. The van der Waals surface area contributed by atoms with Crippen molar-refractivity contribution < 1.29 is 18.7 Å². The Kier molecular flexibility index (Phi) is 2.46. The fourth-order valence-electron chi connectivity index (χ4n) is 2.15. The number of tetrazole rings is 1. The minimum absolute atomic E-state index is 0.158. The van der Waals surface area contributed by atoms with Crippen molar-refractivity contribution in [1.29, 1.82) is 0 Å². The summed E-state index contributed by atoms with van der Waals surface area (Å²) in [5.41, 5.74) is 1.36. The van der Waals surface area contributed by atoms with Gasteiger partial charge in [-0.25, -0.2) is 0 Å². The molecule has 0 spiro atoms. The lowest BCUT2D eigenvalue weighted by Crippen LogP contribution is -1.98. The molecule has 1 aliphatic rings. The molecule has 0 saturated carbocycles. The maximum atomic E-state index is 10.8. The van der Waals surface area contributed by atoms with Gasteiger partial charge in [0, 0.05) is 11.6 Å². The molecule has 0 aliphatic carbocycles. The van der Waals surface area contributed by atoms with Crippen LogP contribution >= 0.6 is 0 Å². The summed E-state index contributed by atoms with van der Waals surface area (Å²) in [4.78, 5) is 10.8. The monoisotopic (exact) mass is 284 g/mol. The second-order valence-electron chi connectivity index (χ2n) is 4.30. The van der Waals surface area contributed by atoms with Crippen molar-refractivity contribution in [2.75, 3.05) is 6.79 Å². The summed E-state index contributed by atoms with van der Waals surface area (Å²) >= 11 is 0. The number of fused-ring (bicyclic) bond motifs is 1. The van der Waals surface area contributed by atoms with E-state index in [0.29, 0.717) is 34.8 Å². The summed E-state index contributed by atoms with van der Waals surface area (Å²) in [6, 6.07) is 6.83. The topological polar surface area (TPSA) is 92.3 Å². The van der Waals surface area contributed by atoms with Crippen molar-refractivity contribution in [3.05, 3.63) is 36.4 Å². The molecule has 0 bridgehead atoms. The molecule has 0 N–H and O–H groups in total. The van der Waals surface area contributed by atoms with Gasteiger partial charge in [0.05, 0.1) is 5.69 Å². The second-order valence-corrected chi connectivity index (χ2v) is 4.30. The van der Waals surface area contributed by atoms with Crippen LogP contribution in [0.3, 0.4) is 0 Å². The molecule has 0 amide bonds. The molecule has 1 aromatic carbocycles. The van der Waals surface area contributed by atoms with Crippen LogP contribution < -0.4 is 9.47 Å². The average Bonchev–Trinajstić information content (AvgIpc) is 3.25. The van der Waals surface area contributed by atoms with E-state index in [0.717, 1.165) is 0 Å². The Morgan fingerprint density at radius 3 is 2.76 bits per heavy atom. The Hall–Kier alpha value is -3.16. The molecule has 0 saturated heterocycles. The number of benzene rings is 1. The molecule has 0 atom stereocenters. The average molecular weight is 284 g/mol. The minimum atomic E-state index is 0.158. The van der Waals surface area contributed by atoms with Crippen LogP contribution in [0.2, 0.25) is 0 Å². The summed E-state index contributed by atoms with van der Waals surface area (Å²) < 4.78 is 17.7. The van der Waals surface area contributed by atoms with E-state index in [1.807, 2.05) is 0 Å². The van der Waals surface area contributed by atoms with Gasteiger partial charge in [0.25, 0.3) is 0 Å². The molecule has 0 fully saturated rings. The van der Waals surface area contributed by atoms with E-state index in [1.54, 1.807) is 24.3 Å². The highest BCUT2D eigenvalue weighted by Crippen LogP contribution is 2.40. The molecule has 21 heavy (non-hydrogen) atoms. The normalized spacial score (nSPS) is 12.6. The maximum absolute atomic E-state index is 10.8. The summed E-state index contributed by atoms with van der Waals surface area (Å²) in [5, 5.41) is 11.1. The third-order valence-corrected chi connectivity index (χ3v) is 3.10. The van der Waals surface area contributed by atoms with Gasteiger partial charge < -0.3 is 13.9 Å². The number of carbonyl (C=O) groups excluding carboxylic acids is 1. The van der Waals surface area contributed by atoms with E-state index >= 15 is 0 Å².